The van der Waals surface area contributed by atoms with Crippen molar-refractivity contribution in [3.05, 3.63) is 65.4 Å². The molecular weight excluding hydrogens is 346 g/mol. The first-order valence-corrected chi connectivity index (χ1v) is 8.41. The minimum absolute atomic E-state index is 0.0469. The number of phenols is 1. The third-order valence-corrected chi connectivity index (χ3v) is 3.80. The van der Waals surface area contributed by atoms with Gasteiger partial charge in [-0.3, -0.25) is 4.79 Å². The molecule has 2 N–H and O–H groups in total. The molecule has 3 rings (SSSR count). The van der Waals surface area contributed by atoms with E-state index in [1.807, 2.05) is 37.3 Å². The topological polar surface area (TPSA) is 97.0 Å². The number of hydrazone groups is 1. The third-order valence-electron chi connectivity index (χ3n) is 3.80. The molecule has 138 valence electrons. The molecule has 0 radical (unpaired) electrons. The van der Waals surface area contributed by atoms with Crippen LogP contribution in [-0.4, -0.2) is 29.0 Å². The summed E-state index contributed by atoms with van der Waals surface area (Å²) in [5, 5.41) is 17.7. The maximum Gasteiger partial charge on any atom is 0.277 e. The number of aryl methyl sites for hydroxylation is 1. The lowest BCUT2D eigenvalue weighted by Gasteiger charge is -2.06. The Morgan fingerprint density at radius 3 is 2.81 bits per heavy atom. The number of ether oxygens (including phenoxy) is 1. The molecule has 0 saturated carbocycles. The van der Waals surface area contributed by atoms with Gasteiger partial charge in [0.25, 0.3) is 5.91 Å². The molecule has 1 heterocycles. The van der Waals surface area contributed by atoms with Gasteiger partial charge in [0.1, 0.15) is 17.0 Å². The van der Waals surface area contributed by atoms with Crippen LogP contribution < -0.4 is 10.2 Å². The summed E-state index contributed by atoms with van der Waals surface area (Å²) in [5.74, 6) is 0.386. The van der Waals surface area contributed by atoms with Crippen LogP contribution in [0.3, 0.4) is 0 Å². The summed E-state index contributed by atoms with van der Waals surface area (Å²) in [6.45, 7) is 3.93. The molecule has 0 aliphatic rings. The maximum atomic E-state index is 12.5. The Labute approximate surface area is 156 Å². The normalized spacial score (nSPS) is 10.9. The summed E-state index contributed by atoms with van der Waals surface area (Å²) in [5.41, 5.74) is 4.72. The SMILES string of the molecule is CCOc1cc(/C=N/NC(=O)c2c(-c3ccccc3)noc2C)ccc1O. The Morgan fingerprint density at radius 2 is 2.07 bits per heavy atom. The highest BCUT2D eigenvalue weighted by atomic mass is 16.5. The Hall–Kier alpha value is -3.61. The zero-order valence-electron chi connectivity index (χ0n) is 15.0. The summed E-state index contributed by atoms with van der Waals surface area (Å²) in [6, 6.07) is 14.1. The Kier molecular flexibility index (Phi) is 5.51. The zero-order chi connectivity index (χ0) is 19.2. The molecule has 0 aliphatic heterocycles. The van der Waals surface area contributed by atoms with Crippen molar-refractivity contribution in [3.63, 3.8) is 0 Å². The second-order valence-corrected chi connectivity index (χ2v) is 5.69. The number of nitrogens with zero attached hydrogens (tertiary/aromatic N) is 2. The summed E-state index contributed by atoms with van der Waals surface area (Å²) in [6.07, 6.45) is 1.46. The van der Waals surface area contributed by atoms with E-state index in [0.717, 1.165) is 5.56 Å². The van der Waals surface area contributed by atoms with Gasteiger partial charge in [-0.2, -0.15) is 5.10 Å². The monoisotopic (exact) mass is 365 g/mol. The van der Waals surface area contributed by atoms with E-state index in [0.29, 0.717) is 34.9 Å². The van der Waals surface area contributed by atoms with Gasteiger partial charge in [0.05, 0.1) is 12.8 Å². The van der Waals surface area contributed by atoms with Crippen molar-refractivity contribution >= 4 is 12.1 Å². The van der Waals surface area contributed by atoms with Crippen molar-refractivity contribution < 1.29 is 19.2 Å². The van der Waals surface area contributed by atoms with Crippen molar-refractivity contribution in [2.45, 2.75) is 13.8 Å². The summed E-state index contributed by atoms with van der Waals surface area (Å²) >= 11 is 0. The molecule has 0 saturated heterocycles. The Morgan fingerprint density at radius 1 is 1.30 bits per heavy atom. The molecule has 27 heavy (non-hydrogen) atoms. The van der Waals surface area contributed by atoms with E-state index in [9.17, 15) is 9.90 Å². The highest BCUT2D eigenvalue weighted by molar-refractivity contribution is 6.01. The van der Waals surface area contributed by atoms with Crippen molar-refractivity contribution in [1.29, 1.82) is 0 Å². The molecule has 1 aromatic heterocycles. The number of aromatic hydroxyl groups is 1. The Balaban J connectivity index is 1.76. The second kappa shape index (κ2) is 8.18. The fourth-order valence-corrected chi connectivity index (χ4v) is 2.54. The smallest absolute Gasteiger partial charge is 0.277 e. The van der Waals surface area contributed by atoms with Crippen LogP contribution in [-0.2, 0) is 0 Å². The third kappa shape index (κ3) is 4.14. The standard InChI is InChI=1S/C20H19N3O4/c1-3-26-17-11-14(9-10-16(17)24)12-21-22-20(25)18-13(2)27-23-19(18)15-7-5-4-6-8-15/h4-12,24H,3H2,1-2H3,(H,22,25)/b21-12+. The van der Waals surface area contributed by atoms with Gasteiger partial charge in [0.2, 0.25) is 0 Å². The van der Waals surface area contributed by atoms with Gasteiger partial charge in [-0.05, 0) is 37.6 Å². The van der Waals surface area contributed by atoms with E-state index in [1.165, 1.54) is 12.3 Å². The summed E-state index contributed by atoms with van der Waals surface area (Å²) < 4.78 is 10.5. The second-order valence-electron chi connectivity index (χ2n) is 5.69. The molecular formula is C20H19N3O4. The van der Waals surface area contributed by atoms with Crippen LogP contribution in [0.2, 0.25) is 0 Å². The lowest BCUT2D eigenvalue weighted by molar-refractivity contribution is 0.0954. The zero-order valence-corrected chi connectivity index (χ0v) is 15.0. The molecule has 0 bridgehead atoms. The molecule has 7 heteroatoms. The molecule has 0 spiro atoms. The van der Waals surface area contributed by atoms with E-state index < -0.39 is 5.91 Å². The van der Waals surface area contributed by atoms with Gasteiger partial charge < -0.3 is 14.4 Å². The van der Waals surface area contributed by atoms with E-state index in [4.69, 9.17) is 9.26 Å². The lowest BCUT2D eigenvalue weighted by Crippen LogP contribution is -2.18. The molecule has 0 aliphatic carbocycles. The fraction of sp³-hybridized carbons (Fsp3) is 0.150. The minimum atomic E-state index is -0.423. The number of rotatable bonds is 6. The highest BCUT2D eigenvalue weighted by Gasteiger charge is 2.21. The predicted octanol–water partition coefficient (Wildman–Crippen LogP) is 3.52. The highest BCUT2D eigenvalue weighted by Crippen LogP contribution is 2.26. The fourth-order valence-electron chi connectivity index (χ4n) is 2.54. The van der Waals surface area contributed by atoms with Gasteiger partial charge in [0.15, 0.2) is 11.5 Å². The first kappa shape index (κ1) is 18.2. The van der Waals surface area contributed by atoms with Crippen LogP contribution in [0.4, 0.5) is 0 Å². The van der Waals surface area contributed by atoms with Crippen molar-refractivity contribution in [2.75, 3.05) is 6.61 Å². The van der Waals surface area contributed by atoms with Gasteiger partial charge >= 0.3 is 0 Å². The van der Waals surface area contributed by atoms with Gasteiger partial charge in [-0.25, -0.2) is 5.43 Å². The van der Waals surface area contributed by atoms with Crippen LogP contribution in [0.5, 0.6) is 11.5 Å². The van der Waals surface area contributed by atoms with Crippen LogP contribution in [0.1, 0.15) is 28.6 Å². The first-order chi connectivity index (χ1) is 13.1. The van der Waals surface area contributed by atoms with E-state index in [2.05, 4.69) is 15.7 Å². The van der Waals surface area contributed by atoms with Gasteiger partial charge in [0, 0.05) is 5.56 Å². The van der Waals surface area contributed by atoms with Crippen molar-refractivity contribution in [2.24, 2.45) is 5.10 Å². The van der Waals surface area contributed by atoms with Crippen LogP contribution in [0, 0.1) is 6.92 Å². The molecule has 3 aromatic rings. The average molecular weight is 365 g/mol. The lowest BCUT2D eigenvalue weighted by atomic mass is 10.1. The minimum Gasteiger partial charge on any atom is -0.504 e. The van der Waals surface area contributed by atoms with Crippen LogP contribution in [0.15, 0.2) is 58.2 Å². The number of hydrogen-bond acceptors (Lipinski definition) is 6. The summed E-state index contributed by atoms with van der Waals surface area (Å²) in [4.78, 5) is 12.5. The summed E-state index contributed by atoms with van der Waals surface area (Å²) in [7, 11) is 0. The van der Waals surface area contributed by atoms with E-state index >= 15 is 0 Å². The number of aromatic nitrogens is 1. The van der Waals surface area contributed by atoms with E-state index in [1.54, 1.807) is 19.1 Å². The van der Waals surface area contributed by atoms with E-state index in [-0.39, 0.29) is 5.75 Å². The van der Waals surface area contributed by atoms with Crippen molar-refractivity contribution in [1.82, 2.24) is 10.6 Å². The van der Waals surface area contributed by atoms with Crippen LogP contribution in [0.25, 0.3) is 11.3 Å². The Bertz CT molecular complexity index is 965. The maximum absolute atomic E-state index is 12.5. The van der Waals surface area contributed by atoms with Gasteiger partial charge in [-0.1, -0.05) is 35.5 Å². The quantitative estimate of drug-likeness (QED) is 0.515. The number of amides is 1. The molecule has 1 amide bonds. The van der Waals surface area contributed by atoms with Crippen molar-refractivity contribution in [3.8, 4) is 22.8 Å². The first-order valence-electron chi connectivity index (χ1n) is 8.41. The largest absolute Gasteiger partial charge is 0.504 e. The predicted molar refractivity (Wildman–Crippen MR) is 101 cm³/mol. The molecule has 0 unspecified atom stereocenters. The number of carbonyl (C=O) groups excluding carboxylic acids is 1. The number of carbonyl (C=O) groups is 1. The number of benzene rings is 2. The van der Waals surface area contributed by atoms with Crippen LogP contribution >= 0.6 is 0 Å². The molecule has 0 fully saturated rings. The molecule has 0 atom stereocenters. The number of nitrogens with one attached hydrogen (secondary N) is 1. The molecule has 7 nitrogen and oxygen atoms in total. The van der Waals surface area contributed by atoms with Gasteiger partial charge in [-0.15, -0.1) is 0 Å². The number of phenolic OH excluding ortho intramolecular Hbond substituents is 1. The number of hydrogen-bond donors (Lipinski definition) is 2. The molecule has 2 aromatic carbocycles. The average Bonchev–Trinajstić information content (AvgIpc) is 3.07.